The van der Waals surface area contributed by atoms with Gasteiger partial charge in [0.15, 0.2) is 11.5 Å². The second kappa shape index (κ2) is 8.11. The van der Waals surface area contributed by atoms with Crippen LogP contribution in [0.15, 0.2) is 24.5 Å². The summed E-state index contributed by atoms with van der Waals surface area (Å²) in [4.78, 5) is 16.0. The van der Waals surface area contributed by atoms with Gasteiger partial charge in [-0.1, -0.05) is 11.6 Å². The fraction of sp³-hybridized carbons (Fsp3) is 0.444. The predicted octanol–water partition coefficient (Wildman–Crippen LogP) is 2.80. The Balaban J connectivity index is 1.73. The molecule has 0 fully saturated rings. The Morgan fingerprint density at radius 2 is 2.07 bits per heavy atom. The number of halogens is 4. The normalized spacial score (nSPS) is 16.1. The number of aryl methyl sites for hydroxylation is 1. The van der Waals surface area contributed by atoms with Crippen LogP contribution in [0.3, 0.4) is 0 Å². The zero-order valence-electron chi connectivity index (χ0n) is 15.4. The van der Waals surface area contributed by atoms with Gasteiger partial charge >= 0.3 is 6.18 Å². The Morgan fingerprint density at radius 3 is 2.72 bits per heavy atom. The van der Waals surface area contributed by atoms with Crippen LogP contribution in [0.5, 0.6) is 11.5 Å². The van der Waals surface area contributed by atoms with Crippen LogP contribution in [0.25, 0.3) is 0 Å². The Bertz CT molecular complexity index is 903. The largest absolute Gasteiger partial charge is 0.489 e. The molecule has 0 saturated heterocycles. The summed E-state index contributed by atoms with van der Waals surface area (Å²) in [5, 5.41) is 12.8. The van der Waals surface area contributed by atoms with Crippen molar-refractivity contribution < 1.29 is 32.5 Å². The Morgan fingerprint density at radius 1 is 1.34 bits per heavy atom. The highest BCUT2D eigenvalue weighted by molar-refractivity contribution is 6.32. The number of fused-ring (bicyclic) bond motifs is 1. The number of benzene rings is 1. The molecule has 0 aliphatic carbocycles. The molecule has 11 heteroatoms. The number of amides is 1. The van der Waals surface area contributed by atoms with Crippen molar-refractivity contribution in [3.05, 3.63) is 40.9 Å². The van der Waals surface area contributed by atoms with E-state index in [0.717, 1.165) is 10.8 Å². The zero-order valence-corrected chi connectivity index (χ0v) is 16.2. The van der Waals surface area contributed by atoms with E-state index < -0.39 is 36.5 Å². The van der Waals surface area contributed by atoms with Crippen LogP contribution in [0, 0.1) is 0 Å². The summed E-state index contributed by atoms with van der Waals surface area (Å²) in [5.41, 5.74) is -3.10. The first-order valence-corrected chi connectivity index (χ1v) is 9.15. The quantitative estimate of drug-likeness (QED) is 0.757. The highest BCUT2D eigenvalue weighted by atomic mass is 35.5. The topological polar surface area (TPSA) is 85.6 Å². The molecule has 1 atom stereocenters. The number of alkyl halides is 3. The van der Waals surface area contributed by atoms with E-state index in [2.05, 4.69) is 10.3 Å². The number of ether oxygens (including phenoxy) is 2. The van der Waals surface area contributed by atoms with Crippen molar-refractivity contribution in [2.75, 3.05) is 19.8 Å². The first-order valence-electron chi connectivity index (χ1n) is 8.78. The number of aromatic nitrogens is 2. The number of rotatable bonds is 5. The van der Waals surface area contributed by atoms with Gasteiger partial charge in [-0.25, -0.2) is 4.98 Å². The van der Waals surface area contributed by atoms with Gasteiger partial charge in [-0.2, -0.15) is 13.2 Å². The summed E-state index contributed by atoms with van der Waals surface area (Å²) in [5.74, 6) is -0.605. The third-order valence-electron chi connectivity index (χ3n) is 4.50. The van der Waals surface area contributed by atoms with Crippen molar-refractivity contribution in [3.63, 3.8) is 0 Å². The number of hydrogen-bond acceptors (Lipinski definition) is 5. The minimum atomic E-state index is -4.98. The average Bonchev–Trinajstić information content (AvgIpc) is 2.93. The van der Waals surface area contributed by atoms with Crippen LogP contribution >= 0.6 is 11.6 Å². The second-order valence-corrected chi connectivity index (χ2v) is 6.97. The number of hydrogen-bond donors (Lipinski definition) is 2. The van der Waals surface area contributed by atoms with Crippen LogP contribution in [-0.2, 0) is 12.6 Å². The van der Waals surface area contributed by atoms with Gasteiger partial charge in [0.1, 0.15) is 5.82 Å². The number of aliphatic hydroxyl groups is 1. The maximum absolute atomic E-state index is 13.5. The Hall–Kier alpha value is -2.46. The van der Waals surface area contributed by atoms with Gasteiger partial charge in [-0.3, -0.25) is 4.79 Å². The third-order valence-corrected chi connectivity index (χ3v) is 4.78. The molecule has 158 valence electrons. The maximum atomic E-state index is 13.5. The summed E-state index contributed by atoms with van der Waals surface area (Å²) >= 11 is 6.13. The van der Waals surface area contributed by atoms with Crippen LogP contribution < -0.4 is 14.8 Å². The molecule has 1 unspecified atom stereocenters. The molecule has 1 aliphatic rings. The van der Waals surface area contributed by atoms with Crippen molar-refractivity contribution in [2.24, 2.45) is 7.05 Å². The van der Waals surface area contributed by atoms with E-state index in [0.29, 0.717) is 31.1 Å². The number of nitrogens with zero attached hydrogens (tertiary/aromatic N) is 2. The van der Waals surface area contributed by atoms with Gasteiger partial charge in [0.25, 0.3) is 5.91 Å². The van der Waals surface area contributed by atoms with Crippen molar-refractivity contribution >= 4 is 17.5 Å². The lowest BCUT2D eigenvalue weighted by molar-refractivity contribution is -0.272. The van der Waals surface area contributed by atoms with E-state index >= 15 is 0 Å². The fourth-order valence-electron chi connectivity index (χ4n) is 2.97. The van der Waals surface area contributed by atoms with Gasteiger partial charge in [-0.05, 0) is 12.1 Å². The maximum Gasteiger partial charge on any atom is 0.424 e. The smallest absolute Gasteiger partial charge is 0.424 e. The standard InChI is InChI=1S/C18H19ClF3N3O4/c1-25-6-5-24-16(25)17(27,18(20,21)22)3-4-23-15(26)11-9-12(19)14-13(10-11)28-7-2-8-29-14/h5-6,9-10,27H,2-4,7-8H2,1H3,(H,23,26). The highest BCUT2D eigenvalue weighted by Gasteiger charge is 2.57. The average molecular weight is 434 g/mol. The number of nitrogens with one attached hydrogen (secondary N) is 1. The summed E-state index contributed by atoms with van der Waals surface area (Å²) in [6.07, 6.45) is -2.69. The molecule has 29 heavy (non-hydrogen) atoms. The summed E-state index contributed by atoms with van der Waals surface area (Å²) in [7, 11) is 1.34. The van der Waals surface area contributed by atoms with Gasteiger partial charge in [-0.15, -0.1) is 0 Å². The molecule has 1 amide bonds. The molecule has 2 N–H and O–H groups in total. The molecular formula is C18H19ClF3N3O4. The van der Waals surface area contributed by atoms with Crippen molar-refractivity contribution in [3.8, 4) is 11.5 Å². The van der Waals surface area contributed by atoms with E-state index in [4.69, 9.17) is 21.1 Å². The van der Waals surface area contributed by atoms with Crippen molar-refractivity contribution in [1.29, 1.82) is 0 Å². The molecule has 1 aromatic heterocycles. The molecule has 7 nitrogen and oxygen atoms in total. The van der Waals surface area contributed by atoms with Gasteiger partial charge in [0.05, 0.1) is 18.2 Å². The Labute approximate surface area is 169 Å². The fourth-order valence-corrected chi connectivity index (χ4v) is 3.23. The van der Waals surface area contributed by atoms with E-state index in [1.165, 1.54) is 25.4 Å². The predicted molar refractivity (Wildman–Crippen MR) is 97.2 cm³/mol. The number of carbonyl (C=O) groups excluding carboxylic acids is 1. The Kier molecular flexibility index (Phi) is 5.95. The van der Waals surface area contributed by atoms with Gasteiger partial charge < -0.3 is 24.5 Å². The van der Waals surface area contributed by atoms with Crippen LogP contribution in [0.1, 0.15) is 29.0 Å². The highest BCUT2D eigenvalue weighted by Crippen LogP contribution is 2.41. The SMILES string of the molecule is Cn1ccnc1C(O)(CCNC(=O)c1cc(Cl)c2c(c1)OCCCO2)C(F)(F)F. The molecule has 1 aromatic carbocycles. The first-order chi connectivity index (χ1) is 13.6. The minimum Gasteiger partial charge on any atom is -0.489 e. The first kappa shape index (κ1) is 21.3. The van der Waals surface area contributed by atoms with Gasteiger partial charge in [0.2, 0.25) is 5.60 Å². The molecule has 0 saturated carbocycles. The lowest BCUT2D eigenvalue weighted by Crippen LogP contribution is -2.46. The van der Waals surface area contributed by atoms with E-state index in [9.17, 15) is 23.1 Å². The lowest BCUT2D eigenvalue weighted by atomic mass is 9.97. The minimum absolute atomic E-state index is 0.104. The molecule has 3 rings (SSSR count). The van der Waals surface area contributed by atoms with E-state index in [-0.39, 0.29) is 10.6 Å². The van der Waals surface area contributed by atoms with E-state index in [1.807, 2.05) is 0 Å². The molecule has 0 bridgehead atoms. The third kappa shape index (κ3) is 4.27. The summed E-state index contributed by atoms with van der Waals surface area (Å²) in [6, 6.07) is 2.76. The lowest BCUT2D eigenvalue weighted by Gasteiger charge is -2.30. The van der Waals surface area contributed by atoms with Crippen LogP contribution in [-0.4, -0.2) is 46.5 Å². The molecule has 2 aromatic rings. The second-order valence-electron chi connectivity index (χ2n) is 6.56. The van der Waals surface area contributed by atoms with Gasteiger partial charge in [0, 0.05) is 44.4 Å². The number of carbonyl (C=O) groups is 1. The van der Waals surface area contributed by atoms with Crippen molar-refractivity contribution in [2.45, 2.75) is 24.6 Å². The van der Waals surface area contributed by atoms with Crippen LogP contribution in [0.4, 0.5) is 13.2 Å². The van der Waals surface area contributed by atoms with Crippen molar-refractivity contribution in [1.82, 2.24) is 14.9 Å². The molecule has 0 radical (unpaired) electrons. The molecular weight excluding hydrogens is 415 g/mol. The summed E-state index contributed by atoms with van der Waals surface area (Å²) in [6.45, 7) is 0.353. The zero-order chi connectivity index (χ0) is 21.2. The monoisotopic (exact) mass is 433 g/mol. The van der Waals surface area contributed by atoms with E-state index in [1.54, 1.807) is 0 Å². The van der Waals surface area contributed by atoms with Crippen LogP contribution in [0.2, 0.25) is 5.02 Å². The molecule has 2 heterocycles. The summed E-state index contributed by atoms with van der Waals surface area (Å²) < 4.78 is 52.6. The molecule has 1 aliphatic heterocycles. The number of imidazole rings is 1. The molecule has 0 spiro atoms.